The first kappa shape index (κ1) is 7.24. The highest BCUT2D eigenvalue weighted by atomic mass is 16.5. The second-order valence-corrected chi connectivity index (χ2v) is 2.31. The topological polar surface area (TPSA) is 79.3 Å². The molecule has 0 aromatic heterocycles. The van der Waals surface area contributed by atoms with Gasteiger partial charge in [-0.05, 0) is 6.08 Å². The molecule has 0 saturated carbocycles. The van der Waals surface area contributed by atoms with Crippen LogP contribution in [0, 0.1) is 5.41 Å². The standard InChI is InChI=1S/C6H10N2O2/c7-2-1-5(8)6(9)3-10-4-6/h1-2,7,9H,3-4,8H2. The molecule has 0 aromatic carbocycles. The van der Waals surface area contributed by atoms with Gasteiger partial charge in [0.05, 0.1) is 13.2 Å². The summed E-state index contributed by atoms with van der Waals surface area (Å²) >= 11 is 0. The molecule has 1 aliphatic rings. The van der Waals surface area contributed by atoms with E-state index < -0.39 is 5.60 Å². The van der Waals surface area contributed by atoms with Crippen molar-refractivity contribution in [2.75, 3.05) is 13.2 Å². The number of nitrogens with two attached hydrogens (primary N) is 1. The summed E-state index contributed by atoms with van der Waals surface area (Å²) in [6.07, 6.45) is 2.41. The Morgan fingerprint density at radius 1 is 1.70 bits per heavy atom. The monoisotopic (exact) mass is 142 g/mol. The molecule has 1 rings (SSSR count). The molecule has 1 fully saturated rings. The van der Waals surface area contributed by atoms with E-state index in [2.05, 4.69) is 0 Å². The maximum Gasteiger partial charge on any atom is 0.150 e. The molecule has 10 heavy (non-hydrogen) atoms. The maximum absolute atomic E-state index is 9.39. The molecule has 0 bridgehead atoms. The molecule has 1 aliphatic heterocycles. The summed E-state index contributed by atoms with van der Waals surface area (Å²) in [5.41, 5.74) is 4.70. The summed E-state index contributed by atoms with van der Waals surface area (Å²) in [5.74, 6) is 0. The third-order valence-corrected chi connectivity index (χ3v) is 1.48. The van der Waals surface area contributed by atoms with Gasteiger partial charge in [-0.3, -0.25) is 0 Å². The van der Waals surface area contributed by atoms with Gasteiger partial charge >= 0.3 is 0 Å². The zero-order chi connectivity index (χ0) is 7.61. The third-order valence-electron chi connectivity index (χ3n) is 1.48. The number of nitrogens with one attached hydrogen (secondary N) is 1. The highest BCUT2D eigenvalue weighted by molar-refractivity contribution is 5.69. The van der Waals surface area contributed by atoms with Crippen molar-refractivity contribution < 1.29 is 9.84 Å². The van der Waals surface area contributed by atoms with Gasteiger partial charge in [0.2, 0.25) is 0 Å². The van der Waals surface area contributed by atoms with Crippen LogP contribution in [-0.2, 0) is 4.74 Å². The van der Waals surface area contributed by atoms with Gasteiger partial charge < -0.3 is 21.0 Å². The number of allylic oxidation sites excluding steroid dienone is 1. The fourth-order valence-electron chi connectivity index (χ4n) is 0.707. The predicted molar refractivity (Wildman–Crippen MR) is 36.8 cm³/mol. The van der Waals surface area contributed by atoms with Gasteiger partial charge in [0.1, 0.15) is 0 Å². The summed E-state index contributed by atoms with van der Waals surface area (Å²) in [6, 6.07) is 0. The summed E-state index contributed by atoms with van der Waals surface area (Å²) in [5, 5.41) is 16.1. The van der Waals surface area contributed by atoms with Crippen molar-refractivity contribution in [2.45, 2.75) is 5.60 Å². The Labute approximate surface area is 58.8 Å². The normalized spacial score (nSPS) is 23.5. The molecule has 0 aromatic rings. The number of ether oxygens (including phenoxy) is 1. The minimum Gasteiger partial charge on any atom is -0.399 e. The molecule has 56 valence electrons. The Balaban J connectivity index is 2.62. The summed E-state index contributed by atoms with van der Waals surface area (Å²) in [4.78, 5) is 0. The van der Waals surface area contributed by atoms with E-state index in [4.69, 9.17) is 15.9 Å². The van der Waals surface area contributed by atoms with Crippen molar-refractivity contribution in [2.24, 2.45) is 5.73 Å². The number of hydrogen-bond donors (Lipinski definition) is 3. The molecule has 1 saturated heterocycles. The molecule has 0 aliphatic carbocycles. The van der Waals surface area contributed by atoms with Crippen LogP contribution in [0.15, 0.2) is 11.8 Å². The van der Waals surface area contributed by atoms with Crippen LogP contribution in [0.5, 0.6) is 0 Å². The van der Waals surface area contributed by atoms with Crippen LogP contribution >= 0.6 is 0 Å². The molecule has 0 atom stereocenters. The molecule has 0 amide bonds. The van der Waals surface area contributed by atoms with Crippen molar-refractivity contribution in [1.29, 1.82) is 5.41 Å². The Morgan fingerprint density at radius 2 is 2.30 bits per heavy atom. The van der Waals surface area contributed by atoms with E-state index in [9.17, 15) is 5.11 Å². The minimum atomic E-state index is -1.00. The van der Waals surface area contributed by atoms with E-state index in [0.717, 1.165) is 6.21 Å². The average molecular weight is 142 g/mol. The van der Waals surface area contributed by atoms with Crippen LogP contribution in [-0.4, -0.2) is 30.1 Å². The van der Waals surface area contributed by atoms with Crippen LogP contribution in [0.2, 0.25) is 0 Å². The second-order valence-electron chi connectivity index (χ2n) is 2.31. The van der Waals surface area contributed by atoms with Crippen molar-refractivity contribution in [3.8, 4) is 0 Å². The molecular formula is C6H10N2O2. The third kappa shape index (κ3) is 1.03. The van der Waals surface area contributed by atoms with Crippen LogP contribution < -0.4 is 5.73 Å². The van der Waals surface area contributed by atoms with Crippen molar-refractivity contribution in [1.82, 2.24) is 0 Å². The summed E-state index contributed by atoms with van der Waals surface area (Å²) < 4.78 is 4.76. The number of rotatable bonds is 2. The van der Waals surface area contributed by atoms with Crippen LogP contribution in [0.4, 0.5) is 0 Å². The minimum absolute atomic E-state index is 0.239. The number of hydrogen-bond acceptors (Lipinski definition) is 4. The van der Waals surface area contributed by atoms with E-state index in [1.54, 1.807) is 0 Å². The van der Waals surface area contributed by atoms with Crippen molar-refractivity contribution >= 4 is 6.21 Å². The average Bonchev–Trinajstić information content (AvgIpc) is 1.83. The Bertz CT molecular complexity index is 173. The van der Waals surface area contributed by atoms with Gasteiger partial charge in [-0.1, -0.05) is 0 Å². The molecule has 0 radical (unpaired) electrons. The van der Waals surface area contributed by atoms with E-state index >= 15 is 0 Å². The highest BCUT2D eigenvalue weighted by Gasteiger charge is 2.38. The molecule has 0 spiro atoms. The van der Waals surface area contributed by atoms with Gasteiger partial charge in [-0.15, -0.1) is 0 Å². The maximum atomic E-state index is 9.39. The van der Waals surface area contributed by atoms with E-state index in [1.807, 2.05) is 0 Å². The second kappa shape index (κ2) is 2.40. The first-order valence-corrected chi connectivity index (χ1v) is 2.96. The Kier molecular flexibility index (Phi) is 1.74. The van der Waals surface area contributed by atoms with Gasteiger partial charge in [0.25, 0.3) is 0 Å². The Hall–Kier alpha value is -0.870. The van der Waals surface area contributed by atoms with Gasteiger partial charge in [0.15, 0.2) is 5.60 Å². The zero-order valence-corrected chi connectivity index (χ0v) is 5.50. The van der Waals surface area contributed by atoms with Crippen molar-refractivity contribution in [3.05, 3.63) is 11.8 Å². The lowest BCUT2D eigenvalue weighted by Gasteiger charge is -2.36. The largest absolute Gasteiger partial charge is 0.399 e. The fraction of sp³-hybridized carbons (Fsp3) is 0.500. The fourth-order valence-corrected chi connectivity index (χ4v) is 0.707. The van der Waals surface area contributed by atoms with Crippen LogP contribution in [0.1, 0.15) is 0 Å². The molecule has 4 N–H and O–H groups in total. The van der Waals surface area contributed by atoms with Crippen molar-refractivity contribution in [3.63, 3.8) is 0 Å². The van der Waals surface area contributed by atoms with Gasteiger partial charge in [0, 0.05) is 11.9 Å². The molecular weight excluding hydrogens is 132 g/mol. The quantitative estimate of drug-likeness (QED) is 0.443. The first-order valence-electron chi connectivity index (χ1n) is 2.96. The van der Waals surface area contributed by atoms with E-state index in [1.165, 1.54) is 6.08 Å². The number of aliphatic hydroxyl groups is 1. The smallest absolute Gasteiger partial charge is 0.150 e. The lowest BCUT2D eigenvalue weighted by atomic mass is 9.98. The molecule has 4 nitrogen and oxygen atoms in total. The zero-order valence-electron chi connectivity index (χ0n) is 5.50. The Morgan fingerprint density at radius 3 is 2.60 bits per heavy atom. The van der Waals surface area contributed by atoms with Gasteiger partial charge in [-0.25, -0.2) is 0 Å². The predicted octanol–water partition coefficient (Wildman–Crippen LogP) is -0.760. The molecule has 4 heteroatoms. The lowest BCUT2D eigenvalue weighted by molar-refractivity contribution is -0.154. The van der Waals surface area contributed by atoms with E-state index in [0.29, 0.717) is 5.70 Å². The highest BCUT2D eigenvalue weighted by Crippen LogP contribution is 2.21. The summed E-state index contributed by atoms with van der Waals surface area (Å²) in [6.45, 7) is 0.479. The SMILES string of the molecule is N=CC=C(N)C1(O)COC1. The summed E-state index contributed by atoms with van der Waals surface area (Å²) in [7, 11) is 0. The van der Waals surface area contributed by atoms with Crippen LogP contribution in [0.25, 0.3) is 0 Å². The molecule has 1 heterocycles. The van der Waals surface area contributed by atoms with Gasteiger partial charge in [-0.2, -0.15) is 0 Å². The first-order chi connectivity index (χ1) is 4.69. The molecule has 0 unspecified atom stereocenters. The van der Waals surface area contributed by atoms with E-state index in [-0.39, 0.29) is 13.2 Å². The van der Waals surface area contributed by atoms with Crippen LogP contribution in [0.3, 0.4) is 0 Å². The lowest BCUT2D eigenvalue weighted by Crippen LogP contribution is -2.53.